The van der Waals surface area contributed by atoms with Crippen LogP contribution in [0.2, 0.25) is 0 Å². The van der Waals surface area contributed by atoms with Gasteiger partial charge in [0.15, 0.2) is 5.78 Å². The summed E-state index contributed by atoms with van der Waals surface area (Å²) in [6.07, 6.45) is 2.43. The second kappa shape index (κ2) is 6.43. The van der Waals surface area contributed by atoms with Crippen molar-refractivity contribution in [3.8, 4) is 5.75 Å². The van der Waals surface area contributed by atoms with E-state index in [1.807, 2.05) is 54.8 Å². The first-order valence-electron chi connectivity index (χ1n) is 6.03. The highest BCUT2D eigenvalue weighted by Crippen LogP contribution is 2.18. The van der Waals surface area contributed by atoms with Crippen LogP contribution in [0.4, 0.5) is 0 Å². The average molecular weight is 272 g/mol. The van der Waals surface area contributed by atoms with Gasteiger partial charge in [-0.3, -0.25) is 4.79 Å². The molecule has 0 aliphatic rings. The van der Waals surface area contributed by atoms with E-state index in [1.54, 1.807) is 18.9 Å². The van der Waals surface area contributed by atoms with E-state index in [0.29, 0.717) is 6.42 Å². The number of ether oxygens (including phenoxy) is 1. The zero-order valence-corrected chi connectivity index (χ0v) is 11.9. The highest BCUT2D eigenvalue weighted by Gasteiger charge is 2.07. The van der Waals surface area contributed by atoms with Gasteiger partial charge in [0.1, 0.15) is 5.75 Å². The molecule has 2 aromatic rings. The van der Waals surface area contributed by atoms with E-state index in [1.165, 1.54) is 0 Å². The first kappa shape index (κ1) is 13.7. The Morgan fingerprint density at radius 2 is 1.89 bits per heavy atom. The van der Waals surface area contributed by atoms with Crippen molar-refractivity contribution in [1.82, 2.24) is 0 Å². The Morgan fingerprint density at radius 3 is 2.53 bits per heavy atom. The van der Waals surface area contributed by atoms with Crippen LogP contribution in [0.15, 0.2) is 53.4 Å². The van der Waals surface area contributed by atoms with Gasteiger partial charge in [0.25, 0.3) is 0 Å². The second-order valence-electron chi connectivity index (χ2n) is 4.18. The Morgan fingerprint density at radius 1 is 1.16 bits per heavy atom. The fourth-order valence-electron chi connectivity index (χ4n) is 1.83. The lowest BCUT2D eigenvalue weighted by atomic mass is 10.0. The summed E-state index contributed by atoms with van der Waals surface area (Å²) in [5.41, 5.74) is 1.77. The molecule has 0 unspecified atom stereocenters. The minimum atomic E-state index is 0.140. The predicted octanol–water partition coefficient (Wildman–Crippen LogP) is 3.84. The Hall–Kier alpha value is -1.74. The average Bonchev–Trinajstić information content (AvgIpc) is 2.48. The van der Waals surface area contributed by atoms with E-state index in [9.17, 15) is 4.79 Å². The molecule has 98 valence electrons. The maximum absolute atomic E-state index is 12.2. The predicted molar refractivity (Wildman–Crippen MR) is 79.3 cm³/mol. The lowest BCUT2D eigenvalue weighted by Crippen LogP contribution is -2.03. The molecule has 0 bridgehead atoms. The van der Waals surface area contributed by atoms with Crippen molar-refractivity contribution >= 4 is 17.5 Å². The number of hydrogen-bond donors (Lipinski definition) is 0. The monoisotopic (exact) mass is 272 g/mol. The quantitative estimate of drug-likeness (QED) is 0.611. The first-order chi connectivity index (χ1) is 9.22. The van der Waals surface area contributed by atoms with E-state index in [0.717, 1.165) is 21.8 Å². The van der Waals surface area contributed by atoms with E-state index in [-0.39, 0.29) is 5.78 Å². The van der Waals surface area contributed by atoms with Crippen LogP contribution in [0.1, 0.15) is 15.9 Å². The summed E-state index contributed by atoms with van der Waals surface area (Å²) in [6, 6.07) is 15.3. The van der Waals surface area contributed by atoms with Gasteiger partial charge in [-0.25, -0.2) is 0 Å². The molecular formula is C16H16O2S. The summed E-state index contributed by atoms with van der Waals surface area (Å²) in [5.74, 6) is 0.946. The highest BCUT2D eigenvalue weighted by atomic mass is 32.2. The molecule has 0 saturated heterocycles. The summed E-state index contributed by atoms with van der Waals surface area (Å²) in [5, 5.41) is 0. The van der Waals surface area contributed by atoms with Crippen molar-refractivity contribution in [1.29, 1.82) is 0 Å². The standard InChI is InChI=1S/C16H16O2S/c1-18-14-8-6-12(7-9-14)10-16(17)13-4-3-5-15(11-13)19-2/h3-9,11H,10H2,1-2H3. The molecule has 2 aromatic carbocycles. The Balaban J connectivity index is 2.11. The molecular weight excluding hydrogens is 256 g/mol. The lowest BCUT2D eigenvalue weighted by Gasteiger charge is -2.04. The molecule has 0 spiro atoms. The molecule has 0 radical (unpaired) electrons. The summed E-state index contributed by atoms with van der Waals surface area (Å²) in [7, 11) is 1.63. The van der Waals surface area contributed by atoms with E-state index >= 15 is 0 Å². The van der Waals surface area contributed by atoms with Gasteiger partial charge in [0.2, 0.25) is 0 Å². The number of carbonyl (C=O) groups excluding carboxylic acids is 1. The van der Waals surface area contributed by atoms with E-state index in [4.69, 9.17) is 4.74 Å². The Bertz CT molecular complexity index is 561. The SMILES string of the molecule is COc1ccc(CC(=O)c2cccc(SC)c2)cc1. The molecule has 0 atom stereocenters. The molecule has 0 aromatic heterocycles. The number of hydrogen-bond acceptors (Lipinski definition) is 3. The summed E-state index contributed by atoms with van der Waals surface area (Å²) in [4.78, 5) is 13.3. The van der Waals surface area contributed by atoms with E-state index in [2.05, 4.69) is 0 Å². The molecule has 0 N–H and O–H groups in total. The van der Waals surface area contributed by atoms with Gasteiger partial charge in [0, 0.05) is 16.9 Å². The van der Waals surface area contributed by atoms with Crippen molar-refractivity contribution < 1.29 is 9.53 Å². The van der Waals surface area contributed by atoms with Gasteiger partial charge in [-0.1, -0.05) is 24.3 Å². The third kappa shape index (κ3) is 3.61. The van der Waals surface area contributed by atoms with Crippen LogP contribution in [0.5, 0.6) is 5.75 Å². The Labute approximate surface area is 117 Å². The molecule has 0 fully saturated rings. The largest absolute Gasteiger partial charge is 0.497 e. The zero-order chi connectivity index (χ0) is 13.7. The third-order valence-electron chi connectivity index (χ3n) is 2.92. The topological polar surface area (TPSA) is 26.3 Å². The number of methoxy groups -OCH3 is 1. The zero-order valence-electron chi connectivity index (χ0n) is 11.1. The van der Waals surface area contributed by atoms with E-state index < -0.39 is 0 Å². The molecule has 0 amide bonds. The van der Waals surface area contributed by atoms with Crippen LogP contribution in [0.3, 0.4) is 0 Å². The van der Waals surface area contributed by atoms with Crippen LogP contribution in [0, 0.1) is 0 Å². The third-order valence-corrected chi connectivity index (χ3v) is 3.64. The maximum atomic E-state index is 12.2. The summed E-state index contributed by atoms with van der Waals surface area (Å²) in [6.45, 7) is 0. The Kier molecular flexibility index (Phi) is 4.63. The van der Waals surface area contributed by atoms with Crippen molar-refractivity contribution in [2.24, 2.45) is 0 Å². The number of ketones is 1. The van der Waals surface area contributed by atoms with Crippen molar-refractivity contribution in [2.45, 2.75) is 11.3 Å². The number of Topliss-reactive ketones (excluding diaryl/α,β-unsaturated/α-hetero) is 1. The molecule has 0 aliphatic carbocycles. The molecule has 19 heavy (non-hydrogen) atoms. The van der Waals surface area contributed by atoms with Gasteiger partial charge in [0.05, 0.1) is 7.11 Å². The van der Waals surface area contributed by atoms with Crippen molar-refractivity contribution in [3.63, 3.8) is 0 Å². The van der Waals surface area contributed by atoms with Gasteiger partial charge in [-0.2, -0.15) is 0 Å². The number of rotatable bonds is 5. The fraction of sp³-hybridized carbons (Fsp3) is 0.188. The van der Waals surface area contributed by atoms with Crippen molar-refractivity contribution in [3.05, 3.63) is 59.7 Å². The molecule has 2 rings (SSSR count). The van der Waals surface area contributed by atoms with Crippen LogP contribution >= 0.6 is 11.8 Å². The molecule has 3 heteroatoms. The molecule has 2 nitrogen and oxygen atoms in total. The molecule has 0 aliphatic heterocycles. The number of benzene rings is 2. The second-order valence-corrected chi connectivity index (χ2v) is 5.06. The normalized spacial score (nSPS) is 10.2. The number of carbonyl (C=O) groups is 1. The minimum absolute atomic E-state index is 0.140. The van der Waals surface area contributed by atoms with Gasteiger partial charge in [-0.05, 0) is 36.1 Å². The van der Waals surface area contributed by atoms with Gasteiger partial charge < -0.3 is 4.74 Å². The minimum Gasteiger partial charge on any atom is -0.497 e. The van der Waals surface area contributed by atoms with Gasteiger partial charge >= 0.3 is 0 Å². The van der Waals surface area contributed by atoms with Crippen LogP contribution < -0.4 is 4.74 Å². The van der Waals surface area contributed by atoms with Crippen molar-refractivity contribution in [2.75, 3.05) is 13.4 Å². The maximum Gasteiger partial charge on any atom is 0.167 e. The fourth-order valence-corrected chi connectivity index (χ4v) is 2.29. The molecule has 0 saturated carbocycles. The van der Waals surface area contributed by atoms with Crippen LogP contribution in [0.25, 0.3) is 0 Å². The molecule has 0 heterocycles. The van der Waals surface area contributed by atoms with Gasteiger partial charge in [-0.15, -0.1) is 11.8 Å². The number of thioether (sulfide) groups is 1. The summed E-state index contributed by atoms with van der Waals surface area (Å²) < 4.78 is 5.10. The van der Waals surface area contributed by atoms with Crippen LogP contribution in [-0.4, -0.2) is 19.1 Å². The summed E-state index contributed by atoms with van der Waals surface area (Å²) >= 11 is 1.64. The smallest absolute Gasteiger partial charge is 0.167 e. The van der Waals surface area contributed by atoms with Crippen LogP contribution in [-0.2, 0) is 6.42 Å². The highest BCUT2D eigenvalue weighted by molar-refractivity contribution is 7.98. The first-order valence-corrected chi connectivity index (χ1v) is 7.25. The lowest BCUT2D eigenvalue weighted by molar-refractivity contribution is 0.0992.